The SMILES string of the molecule is C=C(N=C/C(=C\C)C(F)(F)F)[C@@H]1COCCN1. The third kappa shape index (κ3) is 4.32. The summed E-state index contributed by atoms with van der Waals surface area (Å²) in [4.78, 5) is 3.74. The lowest BCUT2D eigenvalue weighted by molar-refractivity contribution is -0.0857. The molecule has 1 rings (SSSR count). The monoisotopic (exact) mass is 248 g/mol. The second-order valence-corrected chi connectivity index (χ2v) is 3.57. The molecule has 1 atom stereocenters. The van der Waals surface area contributed by atoms with Crippen LogP contribution in [0.15, 0.2) is 28.9 Å². The van der Waals surface area contributed by atoms with Gasteiger partial charge < -0.3 is 10.1 Å². The van der Waals surface area contributed by atoms with Crippen molar-refractivity contribution in [1.82, 2.24) is 5.32 Å². The van der Waals surface area contributed by atoms with Crippen LogP contribution in [0.3, 0.4) is 0 Å². The minimum absolute atomic E-state index is 0.216. The number of alkyl halides is 3. The molecule has 3 nitrogen and oxygen atoms in total. The summed E-state index contributed by atoms with van der Waals surface area (Å²) in [6.45, 7) is 6.57. The molecule has 1 saturated heterocycles. The summed E-state index contributed by atoms with van der Waals surface area (Å²) in [7, 11) is 0. The van der Waals surface area contributed by atoms with Gasteiger partial charge in [0.25, 0.3) is 0 Å². The Morgan fingerprint density at radius 3 is 2.71 bits per heavy atom. The number of halogens is 3. The second kappa shape index (κ2) is 5.97. The van der Waals surface area contributed by atoms with Gasteiger partial charge in [0.1, 0.15) is 0 Å². The molecular formula is C11H15F3N2O. The van der Waals surface area contributed by atoms with Gasteiger partial charge in [-0.3, -0.25) is 4.99 Å². The van der Waals surface area contributed by atoms with Crippen LogP contribution in [-0.2, 0) is 4.74 Å². The van der Waals surface area contributed by atoms with Crippen LogP contribution in [0.4, 0.5) is 13.2 Å². The van der Waals surface area contributed by atoms with Crippen molar-refractivity contribution in [2.75, 3.05) is 19.8 Å². The largest absolute Gasteiger partial charge is 0.417 e. The van der Waals surface area contributed by atoms with Gasteiger partial charge in [-0.05, 0) is 6.92 Å². The highest BCUT2D eigenvalue weighted by Gasteiger charge is 2.31. The molecule has 0 aromatic rings. The minimum atomic E-state index is -4.38. The lowest BCUT2D eigenvalue weighted by atomic mass is 10.2. The zero-order chi connectivity index (χ0) is 12.9. The predicted octanol–water partition coefficient (Wildman–Crippen LogP) is 2.07. The summed E-state index contributed by atoms with van der Waals surface area (Å²) in [5.41, 5.74) is -0.441. The van der Waals surface area contributed by atoms with Crippen molar-refractivity contribution in [3.05, 3.63) is 23.9 Å². The van der Waals surface area contributed by atoms with Crippen LogP contribution in [0.25, 0.3) is 0 Å². The molecular weight excluding hydrogens is 233 g/mol. The van der Waals surface area contributed by atoms with E-state index in [1.54, 1.807) is 0 Å². The molecule has 0 bridgehead atoms. The Morgan fingerprint density at radius 2 is 2.24 bits per heavy atom. The van der Waals surface area contributed by atoms with Crippen LogP contribution in [0.5, 0.6) is 0 Å². The van der Waals surface area contributed by atoms with Gasteiger partial charge in [-0.15, -0.1) is 0 Å². The number of nitrogens with zero attached hydrogens (tertiary/aromatic N) is 1. The lowest BCUT2D eigenvalue weighted by Gasteiger charge is -2.23. The smallest absolute Gasteiger partial charge is 0.378 e. The van der Waals surface area contributed by atoms with E-state index in [0.717, 1.165) is 12.3 Å². The molecule has 0 radical (unpaired) electrons. The molecule has 0 saturated carbocycles. The summed E-state index contributed by atoms with van der Waals surface area (Å²) in [5, 5.41) is 3.06. The summed E-state index contributed by atoms with van der Waals surface area (Å²) < 4.78 is 42.3. The predicted molar refractivity (Wildman–Crippen MR) is 60.1 cm³/mol. The molecule has 1 aliphatic heterocycles. The van der Waals surface area contributed by atoms with Crippen molar-refractivity contribution >= 4 is 6.21 Å². The number of allylic oxidation sites excluding steroid dienone is 2. The number of ether oxygens (including phenoxy) is 1. The molecule has 0 amide bonds. The van der Waals surface area contributed by atoms with Crippen molar-refractivity contribution in [1.29, 1.82) is 0 Å². The van der Waals surface area contributed by atoms with Gasteiger partial charge in [0.2, 0.25) is 0 Å². The van der Waals surface area contributed by atoms with E-state index < -0.39 is 11.7 Å². The zero-order valence-corrected chi connectivity index (χ0v) is 9.55. The molecule has 1 aliphatic rings. The van der Waals surface area contributed by atoms with E-state index in [0.29, 0.717) is 25.5 Å². The van der Waals surface area contributed by atoms with Gasteiger partial charge in [0, 0.05) is 12.8 Å². The van der Waals surface area contributed by atoms with Crippen molar-refractivity contribution in [3.8, 4) is 0 Å². The van der Waals surface area contributed by atoms with Crippen LogP contribution in [0, 0.1) is 0 Å². The van der Waals surface area contributed by atoms with Crippen molar-refractivity contribution < 1.29 is 17.9 Å². The highest BCUT2D eigenvalue weighted by Crippen LogP contribution is 2.24. The Labute approximate surface area is 98.1 Å². The first kappa shape index (κ1) is 13.9. The van der Waals surface area contributed by atoms with Gasteiger partial charge in [0.05, 0.1) is 30.5 Å². The van der Waals surface area contributed by atoms with Crippen LogP contribution in [0.2, 0.25) is 0 Å². The maximum atomic E-state index is 12.4. The molecule has 0 aromatic heterocycles. The maximum absolute atomic E-state index is 12.4. The van der Waals surface area contributed by atoms with Crippen molar-refractivity contribution in [3.63, 3.8) is 0 Å². The fourth-order valence-corrected chi connectivity index (χ4v) is 1.33. The fraction of sp³-hybridized carbons (Fsp3) is 0.545. The number of nitrogens with one attached hydrogen (secondary N) is 1. The van der Waals surface area contributed by atoms with Gasteiger partial charge in [-0.1, -0.05) is 12.7 Å². The Bertz CT molecular complexity index is 328. The molecule has 0 spiro atoms. The number of morpholine rings is 1. The number of aliphatic imine (C=N–C) groups is 1. The first-order valence-electron chi connectivity index (χ1n) is 5.22. The summed E-state index contributed by atoms with van der Waals surface area (Å²) in [6.07, 6.45) is -2.62. The molecule has 1 heterocycles. The van der Waals surface area contributed by atoms with Crippen LogP contribution in [-0.4, -0.2) is 38.2 Å². The van der Waals surface area contributed by atoms with E-state index in [4.69, 9.17) is 4.74 Å². The van der Waals surface area contributed by atoms with Crippen LogP contribution < -0.4 is 5.32 Å². The third-order valence-corrected chi connectivity index (χ3v) is 2.33. The molecule has 17 heavy (non-hydrogen) atoms. The highest BCUT2D eigenvalue weighted by molar-refractivity contribution is 5.81. The van der Waals surface area contributed by atoms with E-state index in [1.807, 2.05) is 0 Å². The van der Waals surface area contributed by atoms with Crippen LogP contribution >= 0.6 is 0 Å². The van der Waals surface area contributed by atoms with Gasteiger partial charge in [-0.25, -0.2) is 0 Å². The molecule has 1 fully saturated rings. The maximum Gasteiger partial charge on any atom is 0.417 e. The summed E-state index contributed by atoms with van der Waals surface area (Å²) in [5.74, 6) is 0. The average Bonchev–Trinajstić information content (AvgIpc) is 2.29. The van der Waals surface area contributed by atoms with E-state index in [-0.39, 0.29) is 6.04 Å². The average molecular weight is 248 g/mol. The minimum Gasteiger partial charge on any atom is -0.378 e. The number of hydrogen-bond acceptors (Lipinski definition) is 3. The molecule has 6 heteroatoms. The van der Waals surface area contributed by atoms with Crippen LogP contribution in [0.1, 0.15) is 6.92 Å². The molecule has 0 unspecified atom stereocenters. The quantitative estimate of drug-likeness (QED) is 0.776. The lowest BCUT2D eigenvalue weighted by Crippen LogP contribution is -2.41. The number of hydrogen-bond donors (Lipinski definition) is 1. The van der Waals surface area contributed by atoms with Crippen molar-refractivity contribution in [2.24, 2.45) is 4.99 Å². The first-order chi connectivity index (χ1) is 7.95. The van der Waals surface area contributed by atoms with Gasteiger partial charge in [0.15, 0.2) is 0 Å². The molecule has 0 aromatic carbocycles. The Hall–Kier alpha value is -1.14. The van der Waals surface area contributed by atoms with E-state index in [1.165, 1.54) is 6.92 Å². The Kier molecular flexibility index (Phi) is 4.89. The highest BCUT2D eigenvalue weighted by atomic mass is 19.4. The zero-order valence-electron chi connectivity index (χ0n) is 9.55. The third-order valence-electron chi connectivity index (χ3n) is 2.33. The fourth-order valence-electron chi connectivity index (χ4n) is 1.33. The Balaban J connectivity index is 2.60. The Morgan fingerprint density at radius 1 is 1.53 bits per heavy atom. The number of rotatable bonds is 3. The van der Waals surface area contributed by atoms with E-state index >= 15 is 0 Å². The van der Waals surface area contributed by atoms with Gasteiger partial charge >= 0.3 is 6.18 Å². The van der Waals surface area contributed by atoms with E-state index in [2.05, 4.69) is 16.9 Å². The normalized spacial score (nSPS) is 23.1. The molecule has 1 N–H and O–H groups in total. The summed E-state index contributed by atoms with van der Waals surface area (Å²) >= 11 is 0. The second-order valence-electron chi connectivity index (χ2n) is 3.57. The van der Waals surface area contributed by atoms with Gasteiger partial charge in [-0.2, -0.15) is 13.2 Å². The standard InChI is InChI=1S/C11H15F3N2O/c1-3-9(11(12,13)14)6-16-8(2)10-7-17-5-4-15-10/h3,6,10,15H,2,4-5,7H2,1H3/b9-3+,16-6?/t10-/m0/s1. The summed E-state index contributed by atoms with van der Waals surface area (Å²) in [6, 6.07) is -0.216. The van der Waals surface area contributed by atoms with E-state index in [9.17, 15) is 13.2 Å². The first-order valence-corrected chi connectivity index (χ1v) is 5.22. The molecule has 0 aliphatic carbocycles. The van der Waals surface area contributed by atoms with Crippen molar-refractivity contribution in [2.45, 2.75) is 19.1 Å². The topological polar surface area (TPSA) is 33.6 Å². The molecule has 96 valence electrons.